The van der Waals surface area contributed by atoms with E-state index in [1.807, 2.05) is 58.9 Å². The van der Waals surface area contributed by atoms with E-state index >= 15 is 0 Å². The second-order valence-corrected chi connectivity index (χ2v) is 11.1. The maximum atomic E-state index is 13.8. The van der Waals surface area contributed by atoms with E-state index in [2.05, 4.69) is 5.32 Å². The van der Waals surface area contributed by atoms with Crippen LogP contribution in [0.25, 0.3) is 0 Å². The number of carbonyl (C=O) groups is 2. The van der Waals surface area contributed by atoms with Crippen LogP contribution < -0.4 is 14.4 Å². The SMILES string of the molecule is CC[C@H](C)NC(=O)[C@H](CC)N(Cc1ccc(C)cc1)C(=O)CN(c1cc(C)ccc1OC)S(C)(=O)=O. The van der Waals surface area contributed by atoms with Gasteiger partial charge in [-0.25, -0.2) is 8.42 Å². The van der Waals surface area contributed by atoms with Gasteiger partial charge in [-0.1, -0.05) is 49.7 Å². The van der Waals surface area contributed by atoms with Crippen LogP contribution in [0.5, 0.6) is 5.75 Å². The molecule has 36 heavy (non-hydrogen) atoms. The largest absolute Gasteiger partial charge is 0.495 e. The number of hydrogen-bond acceptors (Lipinski definition) is 5. The first kappa shape index (κ1) is 29.2. The van der Waals surface area contributed by atoms with Crippen molar-refractivity contribution in [2.45, 2.75) is 66.1 Å². The van der Waals surface area contributed by atoms with Crippen molar-refractivity contribution < 1.29 is 22.7 Å². The predicted molar refractivity (Wildman–Crippen MR) is 144 cm³/mol. The molecule has 0 spiro atoms. The number of amides is 2. The zero-order valence-corrected chi connectivity index (χ0v) is 23.2. The lowest BCUT2D eigenvalue weighted by Gasteiger charge is -2.33. The fourth-order valence-electron chi connectivity index (χ4n) is 3.84. The molecule has 2 amide bonds. The van der Waals surface area contributed by atoms with Gasteiger partial charge in [0.2, 0.25) is 21.8 Å². The first-order chi connectivity index (χ1) is 16.9. The average Bonchev–Trinajstić information content (AvgIpc) is 2.82. The Labute approximate surface area is 215 Å². The van der Waals surface area contributed by atoms with Crippen molar-refractivity contribution in [2.75, 3.05) is 24.2 Å². The summed E-state index contributed by atoms with van der Waals surface area (Å²) in [5.41, 5.74) is 3.03. The van der Waals surface area contributed by atoms with Crippen LogP contribution in [-0.4, -0.2) is 57.1 Å². The van der Waals surface area contributed by atoms with Gasteiger partial charge in [-0.2, -0.15) is 0 Å². The summed E-state index contributed by atoms with van der Waals surface area (Å²) in [6.45, 7) is 9.24. The van der Waals surface area contributed by atoms with Crippen molar-refractivity contribution in [1.29, 1.82) is 0 Å². The molecular formula is C27H39N3O5S. The Bertz CT molecular complexity index is 1150. The predicted octanol–water partition coefficient (Wildman–Crippen LogP) is 3.80. The molecule has 198 valence electrons. The number of hydrogen-bond donors (Lipinski definition) is 1. The molecule has 2 aromatic carbocycles. The van der Waals surface area contributed by atoms with Crippen LogP contribution in [0.2, 0.25) is 0 Å². The first-order valence-electron chi connectivity index (χ1n) is 12.2. The summed E-state index contributed by atoms with van der Waals surface area (Å²) < 4.78 is 32.1. The van der Waals surface area contributed by atoms with E-state index in [-0.39, 0.29) is 24.2 Å². The third-order valence-electron chi connectivity index (χ3n) is 6.14. The first-order valence-corrected chi connectivity index (χ1v) is 14.0. The quantitative estimate of drug-likeness (QED) is 0.462. The van der Waals surface area contributed by atoms with Crippen LogP contribution in [0.15, 0.2) is 42.5 Å². The third kappa shape index (κ3) is 7.71. The molecular weight excluding hydrogens is 478 g/mol. The fraction of sp³-hybridized carbons (Fsp3) is 0.481. The molecule has 8 nitrogen and oxygen atoms in total. The van der Waals surface area contributed by atoms with E-state index in [1.54, 1.807) is 18.2 Å². The second-order valence-electron chi connectivity index (χ2n) is 9.19. The number of methoxy groups -OCH3 is 1. The molecule has 2 rings (SSSR count). The van der Waals surface area contributed by atoms with Crippen LogP contribution in [0.4, 0.5) is 5.69 Å². The van der Waals surface area contributed by atoms with Crippen LogP contribution in [-0.2, 0) is 26.2 Å². The maximum absolute atomic E-state index is 13.8. The van der Waals surface area contributed by atoms with Gasteiger partial charge in [-0.05, 0) is 56.9 Å². The van der Waals surface area contributed by atoms with Gasteiger partial charge in [-0.15, -0.1) is 0 Å². The van der Waals surface area contributed by atoms with Crippen LogP contribution in [0.1, 0.15) is 50.3 Å². The van der Waals surface area contributed by atoms with E-state index in [0.29, 0.717) is 12.2 Å². The van der Waals surface area contributed by atoms with Gasteiger partial charge in [0.05, 0.1) is 19.1 Å². The van der Waals surface area contributed by atoms with Crippen molar-refractivity contribution >= 4 is 27.5 Å². The minimum atomic E-state index is -3.84. The molecule has 0 aliphatic heterocycles. The van der Waals surface area contributed by atoms with Crippen molar-refractivity contribution in [3.8, 4) is 5.75 Å². The molecule has 0 unspecified atom stereocenters. The molecule has 9 heteroatoms. The highest BCUT2D eigenvalue weighted by atomic mass is 32.2. The molecule has 0 bridgehead atoms. The summed E-state index contributed by atoms with van der Waals surface area (Å²) in [5.74, 6) is -0.396. The lowest BCUT2D eigenvalue weighted by Crippen LogP contribution is -2.53. The normalized spacial score (nSPS) is 13.0. The monoisotopic (exact) mass is 517 g/mol. The summed E-state index contributed by atoms with van der Waals surface area (Å²) in [7, 11) is -2.39. The van der Waals surface area contributed by atoms with Gasteiger partial charge in [-0.3, -0.25) is 13.9 Å². The molecule has 0 fully saturated rings. The van der Waals surface area contributed by atoms with Crippen molar-refractivity contribution in [3.05, 3.63) is 59.2 Å². The zero-order valence-electron chi connectivity index (χ0n) is 22.4. The Morgan fingerprint density at radius 1 is 1.00 bits per heavy atom. The Morgan fingerprint density at radius 2 is 1.61 bits per heavy atom. The standard InChI is InChI=1S/C27H39N3O5S/c1-8-21(5)28-27(32)23(9-2)29(17-22-13-10-19(3)11-14-22)26(31)18-30(36(7,33)34)24-16-20(4)12-15-25(24)35-6/h10-16,21,23H,8-9,17-18H2,1-7H3,(H,28,32)/t21-,23-/m0/s1. The molecule has 0 radical (unpaired) electrons. The van der Waals surface area contributed by atoms with Crippen LogP contribution >= 0.6 is 0 Å². The van der Waals surface area contributed by atoms with Gasteiger partial charge < -0.3 is 15.0 Å². The summed E-state index contributed by atoms with van der Waals surface area (Å²) in [6, 6.07) is 12.0. The number of nitrogens with one attached hydrogen (secondary N) is 1. The van der Waals surface area contributed by atoms with E-state index < -0.39 is 28.5 Å². The van der Waals surface area contributed by atoms with E-state index in [0.717, 1.165) is 33.7 Å². The van der Waals surface area contributed by atoms with Crippen molar-refractivity contribution in [3.63, 3.8) is 0 Å². The van der Waals surface area contributed by atoms with E-state index in [1.165, 1.54) is 12.0 Å². The summed E-state index contributed by atoms with van der Waals surface area (Å²) in [6.07, 6.45) is 2.19. The Hall–Kier alpha value is -3.07. The molecule has 0 aliphatic rings. The zero-order chi connectivity index (χ0) is 27.0. The Morgan fingerprint density at radius 3 is 2.14 bits per heavy atom. The maximum Gasteiger partial charge on any atom is 0.244 e. The van der Waals surface area contributed by atoms with E-state index in [9.17, 15) is 18.0 Å². The number of sulfonamides is 1. The van der Waals surface area contributed by atoms with Gasteiger partial charge in [0, 0.05) is 12.6 Å². The molecule has 0 saturated heterocycles. The Balaban J connectivity index is 2.50. The van der Waals surface area contributed by atoms with Crippen LogP contribution in [0, 0.1) is 13.8 Å². The van der Waals surface area contributed by atoms with Crippen molar-refractivity contribution in [1.82, 2.24) is 10.2 Å². The number of nitrogens with zero attached hydrogens (tertiary/aromatic N) is 2. The van der Waals surface area contributed by atoms with E-state index in [4.69, 9.17) is 4.74 Å². The highest BCUT2D eigenvalue weighted by Crippen LogP contribution is 2.31. The van der Waals surface area contributed by atoms with Gasteiger partial charge in [0.1, 0.15) is 18.3 Å². The van der Waals surface area contributed by atoms with Gasteiger partial charge >= 0.3 is 0 Å². The number of aryl methyl sites for hydroxylation is 2. The van der Waals surface area contributed by atoms with Gasteiger partial charge in [0.25, 0.3) is 0 Å². The molecule has 0 aliphatic carbocycles. The lowest BCUT2D eigenvalue weighted by atomic mass is 10.1. The summed E-state index contributed by atoms with van der Waals surface area (Å²) in [4.78, 5) is 28.4. The molecule has 1 N–H and O–H groups in total. The smallest absolute Gasteiger partial charge is 0.244 e. The number of ether oxygens (including phenoxy) is 1. The molecule has 0 aromatic heterocycles. The topological polar surface area (TPSA) is 96.0 Å². The molecule has 2 aromatic rings. The minimum absolute atomic E-state index is 0.0491. The number of benzene rings is 2. The highest BCUT2D eigenvalue weighted by Gasteiger charge is 2.33. The fourth-order valence-corrected chi connectivity index (χ4v) is 4.69. The molecule has 0 heterocycles. The van der Waals surface area contributed by atoms with Crippen LogP contribution in [0.3, 0.4) is 0 Å². The molecule has 2 atom stereocenters. The highest BCUT2D eigenvalue weighted by molar-refractivity contribution is 7.92. The summed E-state index contributed by atoms with van der Waals surface area (Å²) in [5, 5.41) is 2.97. The minimum Gasteiger partial charge on any atom is -0.495 e. The Kier molecular flexibility index (Phi) is 10.3. The average molecular weight is 518 g/mol. The second kappa shape index (κ2) is 12.8. The van der Waals surface area contributed by atoms with Gasteiger partial charge in [0.15, 0.2) is 0 Å². The number of carbonyl (C=O) groups excluding carboxylic acids is 2. The number of rotatable bonds is 12. The summed E-state index contributed by atoms with van der Waals surface area (Å²) >= 11 is 0. The molecule has 0 saturated carbocycles. The third-order valence-corrected chi connectivity index (χ3v) is 7.27. The number of anilines is 1. The lowest BCUT2D eigenvalue weighted by molar-refractivity contribution is -0.140. The van der Waals surface area contributed by atoms with Crippen molar-refractivity contribution in [2.24, 2.45) is 0 Å².